The first-order valence-corrected chi connectivity index (χ1v) is 5.43. The average Bonchev–Trinajstić information content (AvgIpc) is 2.27. The van der Waals surface area contributed by atoms with Crippen molar-refractivity contribution in [1.82, 2.24) is 5.32 Å². The largest absolute Gasteiger partial charge is 0.481 e. The first-order valence-electron chi connectivity index (χ1n) is 5.43. The van der Waals surface area contributed by atoms with Crippen LogP contribution in [0, 0.1) is 5.82 Å². The summed E-state index contributed by atoms with van der Waals surface area (Å²) in [7, 11) is 0. The van der Waals surface area contributed by atoms with E-state index in [2.05, 4.69) is 5.32 Å². The quantitative estimate of drug-likeness (QED) is 0.724. The highest BCUT2D eigenvalue weighted by molar-refractivity contribution is 5.86. The molecule has 1 aromatic rings. The fourth-order valence-electron chi connectivity index (χ4n) is 1.46. The molecule has 0 saturated carbocycles. The summed E-state index contributed by atoms with van der Waals surface area (Å²) in [5, 5.41) is 11.0. The van der Waals surface area contributed by atoms with E-state index in [1.165, 1.54) is 18.2 Å². The lowest BCUT2D eigenvalue weighted by Gasteiger charge is -2.17. The molecule has 98 valence electrons. The van der Waals surface area contributed by atoms with Crippen molar-refractivity contribution in [3.63, 3.8) is 0 Å². The normalized spacial score (nSPS) is 13.7. The van der Waals surface area contributed by atoms with Gasteiger partial charge in [0.15, 0.2) is 0 Å². The Balaban J connectivity index is 2.62. The topological polar surface area (TPSA) is 92.4 Å². The SMILES string of the molecule is C[C@@H](NC(=O)C(N)CC(=O)O)c1cccc(F)c1. The van der Waals surface area contributed by atoms with Crippen LogP contribution in [0.25, 0.3) is 0 Å². The monoisotopic (exact) mass is 254 g/mol. The molecular weight excluding hydrogens is 239 g/mol. The molecule has 0 bridgehead atoms. The minimum absolute atomic E-state index is 0.400. The van der Waals surface area contributed by atoms with Gasteiger partial charge in [-0.2, -0.15) is 0 Å². The number of nitrogens with one attached hydrogen (secondary N) is 1. The molecule has 6 heteroatoms. The van der Waals surface area contributed by atoms with Crippen LogP contribution in [0.4, 0.5) is 4.39 Å². The molecule has 5 nitrogen and oxygen atoms in total. The van der Waals surface area contributed by atoms with Crippen LogP contribution < -0.4 is 11.1 Å². The van der Waals surface area contributed by atoms with Crippen LogP contribution in [-0.4, -0.2) is 23.0 Å². The number of carboxylic acids is 1. The highest BCUT2D eigenvalue weighted by Gasteiger charge is 2.19. The molecule has 0 aliphatic carbocycles. The van der Waals surface area contributed by atoms with Gasteiger partial charge in [-0.25, -0.2) is 4.39 Å². The van der Waals surface area contributed by atoms with E-state index < -0.39 is 36.2 Å². The maximum Gasteiger partial charge on any atom is 0.305 e. The molecule has 1 amide bonds. The first-order chi connectivity index (χ1) is 8.40. The molecule has 0 fully saturated rings. The Labute approximate surface area is 104 Å². The lowest BCUT2D eigenvalue weighted by Crippen LogP contribution is -2.42. The smallest absolute Gasteiger partial charge is 0.305 e. The average molecular weight is 254 g/mol. The van der Waals surface area contributed by atoms with Gasteiger partial charge in [-0.3, -0.25) is 9.59 Å². The Bertz CT molecular complexity index is 451. The summed E-state index contributed by atoms with van der Waals surface area (Å²) in [5.41, 5.74) is 6.00. The number of nitrogens with two attached hydrogens (primary N) is 1. The van der Waals surface area contributed by atoms with Crippen LogP contribution in [0.1, 0.15) is 24.9 Å². The van der Waals surface area contributed by atoms with Crippen molar-refractivity contribution in [3.8, 4) is 0 Å². The third-order valence-electron chi connectivity index (χ3n) is 2.44. The van der Waals surface area contributed by atoms with Gasteiger partial charge in [0.2, 0.25) is 5.91 Å². The number of halogens is 1. The van der Waals surface area contributed by atoms with E-state index in [4.69, 9.17) is 10.8 Å². The minimum atomic E-state index is -1.14. The van der Waals surface area contributed by atoms with E-state index in [1.807, 2.05) is 0 Å². The Morgan fingerprint density at radius 1 is 1.50 bits per heavy atom. The highest BCUT2D eigenvalue weighted by atomic mass is 19.1. The van der Waals surface area contributed by atoms with Gasteiger partial charge in [0.25, 0.3) is 0 Å². The molecule has 0 heterocycles. The fourth-order valence-corrected chi connectivity index (χ4v) is 1.46. The van der Waals surface area contributed by atoms with Crippen LogP contribution in [0.2, 0.25) is 0 Å². The van der Waals surface area contributed by atoms with Crippen molar-refractivity contribution < 1.29 is 19.1 Å². The van der Waals surface area contributed by atoms with Gasteiger partial charge in [0.05, 0.1) is 18.5 Å². The van der Waals surface area contributed by atoms with E-state index in [9.17, 15) is 14.0 Å². The zero-order chi connectivity index (χ0) is 13.7. The summed E-state index contributed by atoms with van der Waals surface area (Å²) >= 11 is 0. The van der Waals surface area contributed by atoms with Crippen LogP contribution in [0.3, 0.4) is 0 Å². The van der Waals surface area contributed by atoms with Crippen molar-refractivity contribution >= 4 is 11.9 Å². The number of amides is 1. The summed E-state index contributed by atoms with van der Waals surface area (Å²) in [6, 6.07) is 4.25. The predicted octanol–water partition coefficient (Wildman–Crippen LogP) is 0.805. The molecule has 0 radical (unpaired) electrons. The number of carbonyl (C=O) groups excluding carboxylic acids is 1. The molecule has 0 saturated heterocycles. The summed E-state index contributed by atoms with van der Waals surface area (Å²) in [6.07, 6.45) is -0.443. The molecule has 0 spiro atoms. The molecule has 1 unspecified atom stereocenters. The number of benzene rings is 1. The molecule has 1 aromatic carbocycles. The van der Waals surface area contributed by atoms with Crippen LogP contribution in [0.5, 0.6) is 0 Å². The third-order valence-corrected chi connectivity index (χ3v) is 2.44. The van der Waals surface area contributed by atoms with Crippen molar-refractivity contribution in [1.29, 1.82) is 0 Å². The Kier molecular flexibility index (Phi) is 4.79. The third kappa shape index (κ3) is 4.14. The lowest BCUT2D eigenvalue weighted by molar-refractivity contribution is -0.139. The summed E-state index contributed by atoms with van der Waals surface area (Å²) in [5.74, 6) is -2.12. The molecule has 2 atom stereocenters. The molecule has 18 heavy (non-hydrogen) atoms. The van der Waals surface area contributed by atoms with Crippen molar-refractivity contribution in [2.75, 3.05) is 0 Å². The molecule has 0 aliphatic heterocycles. The second kappa shape index (κ2) is 6.11. The first kappa shape index (κ1) is 14.1. The number of carbonyl (C=O) groups is 2. The van der Waals surface area contributed by atoms with Crippen LogP contribution >= 0.6 is 0 Å². The van der Waals surface area contributed by atoms with Crippen molar-refractivity contribution in [2.24, 2.45) is 5.73 Å². The van der Waals surface area contributed by atoms with E-state index in [-0.39, 0.29) is 0 Å². The standard InChI is InChI=1S/C12H15FN2O3/c1-7(8-3-2-4-9(13)5-8)15-12(18)10(14)6-11(16)17/h2-5,7,10H,6,14H2,1H3,(H,15,18)(H,16,17)/t7-,10?/m1/s1. The van der Waals surface area contributed by atoms with Gasteiger partial charge in [-0.15, -0.1) is 0 Å². The molecule has 4 N–H and O–H groups in total. The number of aliphatic carboxylic acids is 1. The van der Waals surface area contributed by atoms with E-state index in [0.717, 1.165) is 0 Å². The molecule has 0 aliphatic rings. The molecular formula is C12H15FN2O3. The van der Waals surface area contributed by atoms with Gasteiger partial charge >= 0.3 is 5.97 Å². The van der Waals surface area contributed by atoms with Crippen LogP contribution in [-0.2, 0) is 9.59 Å². The second-order valence-electron chi connectivity index (χ2n) is 3.99. The van der Waals surface area contributed by atoms with Gasteiger partial charge in [0, 0.05) is 0 Å². The summed E-state index contributed by atoms with van der Waals surface area (Å²) in [4.78, 5) is 22.0. The van der Waals surface area contributed by atoms with Gasteiger partial charge in [0.1, 0.15) is 5.82 Å². The zero-order valence-electron chi connectivity index (χ0n) is 9.89. The number of carboxylic acid groups (broad SMARTS) is 1. The summed E-state index contributed by atoms with van der Waals surface area (Å²) < 4.78 is 13.0. The summed E-state index contributed by atoms with van der Waals surface area (Å²) in [6.45, 7) is 1.67. The number of hydrogen-bond acceptors (Lipinski definition) is 3. The van der Waals surface area contributed by atoms with Crippen LogP contribution in [0.15, 0.2) is 24.3 Å². The fraction of sp³-hybridized carbons (Fsp3) is 0.333. The van der Waals surface area contributed by atoms with E-state index >= 15 is 0 Å². The number of rotatable bonds is 5. The second-order valence-corrected chi connectivity index (χ2v) is 3.99. The van der Waals surface area contributed by atoms with Gasteiger partial charge < -0.3 is 16.2 Å². The van der Waals surface area contributed by atoms with Gasteiger partial charge in [-0.1, -0.05) is 12.1 Å². The maximum atomic E-state index is 13.0. The predicted molar refractivity (Wildman–Crippen MR) is 63.2 cm³/mol. The Morgan fingerprint density at radius 2 is 2.17 bits per heavy atom. The van der Waals surface area contributed by atoms with Gasteiger partial charge in [-0.05, 0) is 24.6 Å². The van der Waals surface area contributed by atoms with Crippen molar-refractivity contribution in [3.05, 3.63) is 35.6 Å². The van der Waals surface area contributed by atoms with E-state index in [0.29, 0.717) is 5.56 Å². The van der Waals surface area contributed by atoms with Crippen molar-refractivity contribution in [2.45, 2.75) is 25.4 Å². The molecule has 0 aromatic heterocycles. The highest BCUT2D eigenvalue weighted by Crippen LogP contribution is 2.13. The van der Waals surface area contributed by atoms with E-state index in [1.54, 1.807) is 13.0 Å². The zero-order valence-corrected chi connectivity index (χ0v) is 9.89. The number of hydrogen-bond donors (Lipinski definition) is 3. The minimum Gasteiger partial charge on any atom is -0.481 e. The Hall–Kier alpha value is -1.95. The Morgan fingerprint density at radius 3 is 2.72 bits per heavy atom. The maximum absolute atomic E-state index is 13.0. The lowest BCUT2D eigenvalue weighted by atomic mass is 10.1. The molecule has 1 rings (SSSR count).